The van der Waals surface area contributed by atoms with Crippen LogP contribution in [0.2, 0.25) is 0 Å². The highest BCUT2D eigenvalue weighted by atomic mass is 32.2. The minimum atomic E-state index is -1.47. The van der Waals surface area contributed by atoms with Crippen LogP contribution in [0.5, 0.6) is 0 Å². The molecule has 0 aromatic carbocycles. The number of thioether (sulfide) groups is 1. The van der Waals surface area contributed by atoms with Crippen LogP contribution in [0, 0.1) is 5.92 Å². The third kappa shape index (κ3) is 50.1. The number of hydrogen-bond acceptors (Lipinski definition) is 31. The first kappa shape index (κ1) is 118. The number of aliphatic hydroxyl groups is 1. The summed E-state index contributed by atoms with van der Waals surface area (Å²) >= 11 is 1.15. The molecule has 1 aliphatic rings. The number of methoxy groups -OCH3 is 8. The van der Waals surface area contributed by atoms with E-state index in [1.165, 1.54) is 61.8 Å². The van der Waals surface area contributed by atoms with Gasteiger partial charge < -0.3 is 138 Å². The fourth-order valence-corrected chi connectivity index (χ4v) is 13.2. The molecule has 0 aromatic rings. The normalized spacial score (nSPS) is 12.5. The Hall–Kier alpha value is -10.4. The highest BCUT2D eigenvalue weighted by molar-refractivity contribution is 8.00. The van der Waals surface area contributed by atoms with Crippen molar-refractivity contribution in [3.05, 3.63) is 0 Å². The standard InChI is InChI=1S/C80H135N15O34S/c1-58(2)55-129-56-59(96)57-130-60-42-64(100)95(80(60)120)25-15-62(98)82-20-13-11-12-14-63(99)88(27-35-122-4)48-74(110)92(31-39-126-8)52-68(104)85(23-18-78(116)117)46-72(108)90(29-37-124-6)50-66(102)83(21-16-76(112)113)44-70(106)89(28-36-123-5)49-65(101)84(22-17-77(114)115)45-71(107)91(30-38-125-7)51-67(103)86(24-19-79(118)119)47-73(109)94(33-41-128-10)54-75(111)93(32-40-127-9)53-69(105)87(26-34-121-3)43-61(81)97/h58-60,96H,11-57H2,1-10H3,(H2,81,97)(H,82,98)(H,112,113)(H,114,115)(H,116,117)(H,118,119). The monoisotopic (exact) mass is 1880 g/mol. The number of imide groups is 1. The number of carbonyl (C=O) groups excluding carboxylic acids is 16. The van der Waals surface area contributed by atoms with Crippen molar-refractivity contribution in [1.82, 2.24) is 69.0 Å². The molecule has 0 saturated carbocycles. The second-order valence-corrected chi connectivity index (χ2v) is 31.4. The first-order valence-corrected chi connectivity index (χ1v) is 43.2. The van der Waals surface area contributed by atoms with Crippen molar-refractivity contribution in [2.24, 2.45) is 11.7 Å². The van der Waals surface area contributed by atoms with Gasteiger partial charge in [-0.25, -0.2) is 0 Å². The molecule has 0 spiro atoms. The van der Waals surface area contributed by atoms with Gasteiger partial charge in [-0.15, -0.1) is 11.8 Å². The van der Waals surface area contributed by atoms with Gasteiger partial charge in [-0.2, -0.15) is 0 Å². The summed E-state index contributed by atoms with van der Waals surface area (Å²) in [6, 6.07) is 0. The Kier molecular flexibility index (Phi) is 61.2. The molecule has 2 atom stereocenters. The first-order chi connectivity index (χ1) is 61.7. The summed E-state index contributed by atoms with van der Waals surface area (Å²) in [4.78, 5) is 282. The lowest BCUT2D eigenvalue weighted by Crippen LogP contribution is -2.54. The molecule has 8 N–H and O–H groups in total. The summed E-state index contributed by atoms with van der Waals surface area (Å²) in [5, 5.41) is 51.6. The summed E-state index contributed by atoms with van der Waals surface area (Å²) < 4.78 is 46.9. The van der Waals surface area contributed by atoms with Gasteiger partial charge >= 0.3 is 23.9 Å². The van der Waals surface area contributed by atoms with Gasteiger partial charge in [0, 0.05) is 180 Å². The van der Waals surface area contributed by atoms with Crippen LogP contribution >= 0.6 is 11.8 Å². The molecule has 1 fully saturated rings. The molecule has 2 unspecified atom stereocenters. The molecular weight excluding hydrogens is 1750 g/mol. The Balaban J connectivity index is 3.53. The molecule has 1 heterocycles. The first-order valence-electron chi connectivity index (χ1n) is 42.1. The molecule has 0 aliphatic carbocycles. The number of nitrogens with two attached hydrogens (primary N) is 1. The summed E-state index contributed by atoms with van der Waals surface area (Å²) in [6.07, 6.45) is -3.08. The SMILES string of the molecule is COCCN(CC(N)=O)C(=O)CN(CCOC)C(=O)CN(CCOC)C(=O)CN(CCC(=O)O)C(=O)CN(CCOC)C(=O)CN(CCC(=O)O)C(=O)CN(CCOC)C(=O)CN(CCC(=O)O)C(=O)CN(CCOC)C(=O)CN(CCC(=O)O)C(=O)CN(CCOC)C(=O)CN(CCOC)C(=O)CCCCCNC(=O)CCN1C(=O)CC(SCC(O)COCC(C)C)C1=O. The highest BCUT2D eigenvalue weighted by Gasteiger charge is 2.40. The second-order valence-electron chi connectivity index (χ2n) is 30.2. The number of primary amides is 1. The van der Waals surface area contributed by atoms with E-state index >= 15 is 0 Å². The van der Waals surface area contributed by atoms with E-state index in [4.69, 9.17) is 48.4 Å². The average Bonchev–Trinajstić information content (AvgIpc) is 1.71. The van der Waals surface area contributed by atoms with Crippen molar-refractivity contribution in [2.75, 3.05) is 299 Å². The molecule has 1 rings (SSSR count). The molecule has 0 bridgehead atoms. The largest absolute Gasteiger partial charge is 0.481 e. The molecule has 50 heteroatoms. The van der Waals surface area contributed by atoms with E-state index in [-0.39, 0.29) is 136 Å². The minimum absolute atomic E-state index is 0.000672. The molecule has 740 valence electrons. The van der Waals surface area contributed by atoms with E-state index in [0.717, 1.165) is 70.6 Å². The summed E-state index contributed by atoms with van der Waals surface area (Å²) in [5.74, 6) is -18.6. The molecular formula is C80H135N15O34S. The molecule has 0 aromatic heterocycles. The van der Waals surface area contributed by atoms with Crippen LogP contribution in [0.4, 0.5) is 0 Å². The Morgan fingerprint density at radius 2 is 0.615 bits per heavy atom. The van der Waals surface area contributed by atoms with Crippen LogP contribution in [0.15, 0.2) is 0 Å². The van der Waals surface area contributed by atoms with Crippen LogP contribution in [-0.4, -0.2) is 518 Å². The van der Waals surface area contributed by atoms with Crippen LogP contribution < -0.4 is 11.1 Å². The van der Waals surface area contributed by atoms with Crippen LogP contribution in [0.3, 0.4) is 0 Å². The van der Waals surface area contributed by atoms with Crippen molar-refractivity contribution in [3.8, 4) is 0 Å². The number of amides is 16. The third-order valence-electron chi connectivity index (χ3n) is 19.5. The zero-order valence-electron chi connectivity index (χ0n) is 76.3. The number of nitrogens with one attached hydrogen (secondary N) is 1. The van der Waals surface area contributed by atoms with E-state index in [2.05, 4.69) is 5.32 Å². The number of carboxylic acids is 4. The number of aliphatic carboxylic acids is 4. The van der Waals surface area contributed by atoms with Crippen molar-refractivity contribution >= 4 is 130 Å². The van der Waals surface area contributed by atoms with E-state index in [0.29, 0.717) is 25.9 Å². The van der Waals surface area contributed by atoms with E-state index in [1.54, 1.807) is 0 Å². The van der Waals surface area contributed by atoms with Gasteiger partial charge in [-0.3, -0.25) is 101 Å². The maximum absolute atomic E-state index is 14.6. The Labute approximate surface area is 760 Å². The molecule has 0 radical (unpaired) electrons. The summed E-state index contributed by atoms with van der Waals surface area (Å²) in [7, 11) is 10.3. The number of unbranched alkanes of at least 4 members (excludes halogenated alkanes) is 2. The van der Waals surface area contributed by atoms with E-state index in [1.807, 2.05) is 13.8 Å². The Morgan fingerprint density at radius 1 is 0.362 bits per heavy atom. The van der Waals surface area contributed by atoms with Crippen molar-refractivity contribution in [3.63, 3.8) is 0 Å². The van der Waals surface area contributed by atoms with Gasteiger partial charge in [0.2, 0.25) is 94.5 Å². The number of rotatable bonds is 76. The van der Waals surface area contributed by atoms with Gasteiger partial charge in [0.15, 0.2) is 0 Å². The summed E-state index contributed by atoms with van der Waals surface area (Å²) in [6.45, 7) is -11.8. The zero-order chi connectivity index (χ0) is 97.8. The fourth-order valence-electron chi connectivity index (χ4n) is 12.1. The number of likely N-dealkylation sites (tertiary alicyclic amines) is 1. The van der Waals surface area contributed by atoms with Crippen LogP contribution in [0.1, 0.15) is 78.1 Å². The Bertz CT molecular complexity index is 3630. The van der Waals surface area contributed by atoms with Crippen LogP contribution in [0.25, 0.3) is 0 Å². The van der Waals surface area contributed by atoms with Gasteiger partial charge in [0.1, 0.15) is 0 Å². The maximum Gasteiger partial charge on any atom is 0.305 e. The zero-order valence-corrected chi connectivity index (χ0v) is 77.2. The van der Waals surface area contributed by atoms with Crippen molar-refractivity contribution in [1.29, 1.82) is 0 Å². The molecule has 130 heavy (non-hydrogen) atoms. The van der Waals surface area contributed by atoms with Gasteiger partial charge in [0.05, 0.1) is 175 Å². The summed E-state index contributed by atoms with van der Waals surface area (Å²) in [5.41, 5.74) is 5.37. The Morgan fingerprint density at radius 3 is 0.862 bits per heavy atom. The van der Waals surface area contributed by atoms with Gasteiger partial charge in [-0.1, -0.05) is 20.3 Å². The topological polar surface area (TPSA) is 606 Å². The third-order valence-corrected chi connectivity index (χ3v) is 20.8. The number of nitrogens with zero attached hydrogens (tertiary/aromatic N) is 13. The van der Waals surface area contributed by atoms with E-state index in [9.17, 15) is 121 Å². The molecule has 16 amide bonds. The number of carbonyl (C=O) groups is 20. The maximum atomic E-state index is 14.6. The quantitative estimate of drug-likeness (QED) is 0.0220. The lowest BCUT2D eigenvalue weighted by Gasteiger charge is -2.33. The van der Waals surface area contributed by atoms with Gasteiger partial charge in [-0.05, 0) is 18.8 Å². The van der Waals surface area contributed by atoms with Crippen molar-refractivity contribution < 1.29 is 164 Å². The fraction of sp³-hybridized carbons (Fsp3) is 0.750. The molecule has 49 nitrogen and oxygen atoms in total. The minimum Gasteiger partial charge on any atom is -0.481 e. The number of aliphatic hydroxyl groups excluding tert-OH is 1. The molecule has 1 aliphatic heterocycles. The molecule has 1 saturated heterocycles. The van der Waals surface area contributed by atoms with E-state index < -0.39 is 280 Å². The lowest BCUT2D eigenvalue weighted by atomic mass is 10.1. The average molecular weight is 1880 g/mol. The van der Waals surface area contributed by atoms with Gasteiger partial charge in [0.25, 0.3) is 0 Å². The number of hydrogen-bond donors (Lipinski definition) is 7. The number of carboxylic acid groups (broad SMARTS) is 4. The number of ether oxygens (including phenoxy) is 9. The van der Waals surface area contributed by atoms with Crippen molar-refractivity contribution in [2.45, 2.75) is 89.4 Å². The highest BCUT2D eigenvalue weighted by Crippen LogP contribution is 2.26. The predicted molar refractivity (Wildman–Crippen MR) is 458 cm³/mol. The predicted octanol–water partition coefficient (Wildman–Crippen LogP) is -6.55. The van der Waals surface area contributed by atoms with Crippen LogP contribution in [-0.2, 0) is 139 Å². The smallest absolute Gasteiger partial charge is 0.305 e. The second kappa shape index (κ2) is 67.7. The lowest BCUT2D eigenvalue weighted by molar-refractivity contribution is -0.150.